The first kappa shape index (κ1) is 13.0. The van der Waals surface area contributed by atoms with Crippen molar-refractivity contribution in [2.75, 3.05) is 13.7 Å². The van der Waals surface area contributed by atoms with Crippen LogP contribution in [-0.4, -0.2) is 19.8 Å². The zero-order chi connectivity index (χ0) is 13.0. The predicted molar refractivity (Wildman–Crippen MR) is 73.2 cm³/mol. The summed E-state index contributed by atoms with van der Waals surface area (Å²) in [5, 5.41) is 3.48. The van der Waals surface area contributed by atoms with Crippen molar-refractivity contribution in [2.24, 2.45) is 0 Å². The normalized spacial score (nSPS) is 14.3. The van der Waals surface area contributed by atoms with Gasteiger partial charge in [0.25, 0.3) is 0 Å². The first-order chi connectivity index (χ1) is 8.69. The quantitative estimate of drug-likeness (QED) is 0.751. The fraction of sp³-hybridized carbons (Fsp3) is 0.467. The van der Waals surface area contributed by atoms with E-state index in [4.69, 9.17) is 9.47 Å². The Bertz CT molecular complexity index is 425. The molecule has 0 aliphatic heterocycles. The number of ether oxygens (including phenoxy) is 2. The molecule has 1 N–H and O–H groups in total. The van der Waals surface area contributed by atoms with Crippen molar-refractivity contribution >= 4 is 0 Å². The molecule has 0 radical (unpaired) electrons. The van der Waals surface area contributed by atoms with E-state index in [0.717, 1.165) is 29.7 Å². The minimum Gasteiger partial charge on any atom is -0.493 e. The van der Waals surface area contributed by atoms with Gasteiger partial charge in [0.2, 0.25) is 0 Å². The predicted octanol–water partition coefficient (Wildman–Crippen LogP) is 2.90. The van der Waals surface area contributed by atoms with E-state index in [-0.39, 0.29) is 0 Å². The van der Waals surface area contributed by atoms with Gasteiger partial charge in [-0.25, -0.2) is 0 Å². The van der Waals surface area contributed by atoms with Gasteiger partial charge >= 0.3 is 0 Å². The molecule has 0 unspecified atom stereocenters. The van der Waals surface area contributed by atoms with E-state index in [1.807, 2.05) is 19.1 Å². The van der Waals surface area contributed by atoms with Crippen LogP contribution in [0, 0.1) is 0 Å². The number of benzene rings is 1. The maximum absolute atomic E-state index is 5.64. The Morgan fingerprint density at radius 3 is 2.78 bits per heavy atom. The molecule has 1 aliphatic carbocycles. The average Bonchev–Trinajstić information content (AvgIpc) is 3.18. The van der Waals surface area contributed by atoms with E-state index in [0.29, 0.717) is 6.61 Å². The van der Waals surface area contributed by atoms with Crippen molar-refractivity contribution in [2.45, 2.75) is 32.4 Å². The molecule has 0 amide bonds. The Kier molecular flexibility index (Phi) is 4.26. The van der Waals surface area contributed by atoms with Gasteiger partial charge in [0.15, 0.2) is 11.5 Å². The number of hydrogen-bond acceptors (Lipinski definition) is 3. The van der Waals surface area contributed by atoms with Crippen LogP contribution in [0.5, 0.6) is 11.5 Å². The Morgan fingerprint density at radius 2 is 2.17 bits per heavy atom. The molecule has 0 heterocycles. The van der Waals surface area contributed by atoms with Crippen LogP contribution in [0.3, 0.4) is 0 Å². The van der Waals surface area contributed by atoms with Gasteiger partial charge in [-0.05, 0) is 43.0 Å². The van der Waals surface area contributed by atoms with E-state index in [9.17, 15) is 0 Å². The lowest BCUT2D eigenvalue weighted by molar-refractivity contribution is 0.319. The fourth-order valence-electron chi connectivity index (χ4n) is 1.69. The highest BCUT2D eigenvalue weighted by atomic mass is 16.5. The first-order valence-electron chi connectivity index (χ1n) is 6.36. The third-order valence-corrected chi connectivity index (χ3v) is 2.87. The molecule has 1 aromatic rings. The third kappa shape index (κ3) is 3.77. The van der Waals surface area contributed by atoms with E-state index < -0.39 is 0 Å². The largest absolute Gasteiger partial charge is 0.493 e. The molecule has 0 aromatic heterocycles. The van der Waals surface area contributed by atoms with Gasteiger partial charge in [-0.1, -0.05) is 12.6 Å². The summed E-state index contributed by atoms with van der Waals surface area (Å²) >= 11 is 0. The van der Waals surface area contributed by atoms with Gasteiger partial charge in [-0.3, -0.25) is 0 Å². The van der Waals surface area contributed by atoms with Crippen LogP contribution in [0.15, 0.2) is 30.4 Å². The van der Waals surface area contributed by atoms with Crippen molar-refractivity contribution in [1.82, 2.24) is 5.32 Å². The second kappa shape index (κ2) is 5.91. The lowest BCUT2D eigenvalue weighted by Gasteiger charge is -2.12. The Balaban J connectivity index is 1.99. The van der Waals surface area contributed by atoms with Crippen LogP contribution in [0.2, 0.25) is 0 Å². The molecule has 2 rings (SSSR count). The highest BCUT2D eigenvalue weighted by Crippen LogP contribution is 2.29. The van der Waals surface area contributed by atoms with Gasteiger partial charge < -0.3 is 14.8 Å². The molecule has 0 atom stereocenters. The lowest BCUT2D eigenvalue weighted by Crippen LogP contribution is -2.15. The number of rotatable bonds is 7. The topological polar surface area (TPSA) is 30.5 Å². The van der Waals surface area contributed by atoms with Gasteiger partial charge in [-0.2, -0.15) is 0 Å². The number of nitrogens with one attached hydrogen (secondary N) is 1. The van der Waals surface area contributed by atoms with Crippen molar-refractivity contribution in [1.29, 1.82) is 0 Å². The zero-order valence-electron chi connectivity index (χ0n) is 11.2. The number of hydrogen-bond donors (Lipinski definition) is 1. The molecule has 0 spiro atoms. The molecule has 0 saturated heterocycles. The molecular formula is C15H21NO2. The van der Waals surface area contributed by atoms with E-state index >= 15 is 0 Å². The number of methoxy groups -OCH3 is 1. The molecule has 1 fully saturated rings. The van der Waals surface area contributed by atoms with Crippen LogP contribution in [-0.2, 0) is 6.54 Å². The molecule has 98 valence electrons. The van der Waals surface area contributed by atoms with Gasteiger partial charge in [0, 0.05) is 12.6 Å². The van der Waals surface area contributed by atoms with E-state index in [1.165, 1.54) is 18.4 Å². The van der Waals surface area contributed by atoms with Crippen LogP contribution in [0.1, 0.15) is 25.3 Å². The monoisotopic (exact) mass is 247 g/mol. The minimum absolute atomic E-state index is 0.524. The summed E-state index contributed by atoms with van der Waals surface area (Å²) < 4.78 is 11.0. The average molecular weight is 247 g/mol. The maximum Gasteiger partial charge on any atom is 0.161 e. The van der Waals surface area contributed by atoms with Gasteiger partial charge in [0.1, 0.15) is 6.61 Å². The van der Waals surface area contributed by atoms with Crippen LogP contribution < -0.4 is 14.8 Å². The van der Waals surface area contributed by atoms with Crippen molar-refractivity contribution in [3.63, 3.8) is 0 Å². The second-order valence-electron chi connectivity index (χ2n) is 4.89. The zero-order valence-corrected chi connectivity index (χ0v) is 11.2. The van der Waals surface area contributed by atoms with Crippen LogP contribution in [0.4, 0.5) is 0 Å². The highest BCUT2D eigenvalue weighted by Gasteiger charge is 2.20. The molecule has 0 bridgehead atoms. The molecule has 3 nitrogen and oxygen atoms in total. The summed E-state index contributed by atoms with van der Waals surface area (Å²) in [5.41, 5.74) is 2.22. The lowest BCUT2D eigenvalue weighted by atomic mass is 10.2. The fourth-order valence-corrected chi connectivity index (χ4v) is 1.69. The van der Waals surface area contributed by atoms with Crippen molar-refractivity contribution in [3.05, 3.63) is 35.9 Å². The van der Waals surface area contributed by atoms with Crippen molar-refractivity contribution in [3.8, 4) is 11.5 Å². The first-order valence-corrected chi connectivity index (χ1v) is 6.36. The van der Waals surface area contributed by atoms with Crippen LogP contribution >= 0.6 is 0 Å². The second-order valence-corrected chi connectivity index (χ2v) is 4.89. The summed E-state index contributed by atoms with van der Waals surface area (Å²) in [7, 11) is 1.67. The summed E-state index contributed by atoms with van der Waals surface area (Å²) in [6.45, 7) is 7.18. The van der Waals surface area contributed by atoms with Crippen LogP contribution in [0.25, 0.3) is 0 Å². The molecule has 3 heteroatoms. The highest BCUT2D eigenvalue weighted by molar-refractivity contribution is 5.43. The molecule has 1 saturated carbocycles. The van der Waals surface area contributed by atoms with Gasteiger partial charge in [-0.15, -0.1) is 0 Å². The molecule has 1 aromatic carbocycles. The van der Waals surface area contributed by atoms with Crippen molar-refractivity contribution < 1.29 is 9.47 Å². The third-order valence-electron chi connectivity index (χ3n) is 2.87. The Morgan fingerprint density at radius 1 is 1.39 bits per heavy atom. The maximum atomic E-state index is 5.64. The van der Waals surface area contributed by atoms with E-state index in [2.05, 4.69) is 18.0 Å². The summed E-state index contributed by atoms with van der Waals surface area (Å²) in [5.74, 6) is 1.56. The standard InChI is InChI=1S/C15H21NO2/c1-11(2)10-18-14-7-4-12(8-15(14)17-3)9-16-13-5-6-13/h4,7-8,13,16H,1,5-6,9-10H2,2-3H3. The summed E-state index contributed by atoms with van der Waals surface area (Å²) in [4.78, 5) is 0. The molecule has 1 aliphatic rings. The Labute approximate surface area is 109 Å². The van der Waals surface area contributed by atoms with E-state index in [1.54, 1.807) is 7.11 Å². The summed E-state index contributed by atoms with van der Waals surface area (Å²) in [6.07, 6.45) is 2.61. The Hall–Kier alpha value is -1.48. The smallest absolute Gasteiger partial charge is 0.161 e. The van der Waals surface area contributed by atoms with Gasteiger partial charge in [0.05, 0.1) is 7.11 Å². The summed E-state index contributed by atoms with van der Waals surface area (Å²) in [6, 6.07) is 6.79. The molecule has 18 heavy (non-hydrogen) atoms. The SMILES string of the molecule is C=C(C)COc1ccc(CNC2CC2)cc1OC. The minimum atomic E-state index is 0.524. The molecular weight excluding hydrogens is 226 g/mol.